The number of amides is 1. The summed E-state index contributed by atoms with van der Waals surface area (Å²) in [6.07, 6.45) is 11.8. The van der Waals surface area contributed by atoms with Crippen molar-refractivity contribution in [3.05, 3.63) is 82.8 Å². The van der Waals surface area contributed by atoms with E-state index in [4.69, 9.17) is 25.8 Å². The Hall–Kier alpha value is -4.04. The van der Waals surface area contributed by atoms with Crippen molar-refractivity contribution in [3.8, 4) is 5.75 Å². The number of ether oxygens (including phenoxy) is 3. The van der Waals surface area contributed by atoms with Gasteiger partial charge in [0.1, 0.15) is 22.0 Å². The monoisotopic (exact) mass is 759 g/mol. The Morgan fingerprint density at radius 3 is 2.70 bits per heavy atom. The number of benzene rings is 2. The first kappa shape index (κ1) is 36.0. The first-order valence-electron chi connectivity index (χ1n) is 18.3. The lowest BCUT2D eigenvalue weighted by atomic mass is 9.68. The molecule has 1 saturated carbocycles. The van der Waals surface area contributed by atoms with E-state index in [0.29, 0.717) is 35.0 Å². The zero-order valence-electron chi connectivity index (χ0n) is 30.5. The topological polar surface area (TPSA) is 133 Å². The standard InChI is InChI=1S/C39H46ClN7O5S/c1-24-20-53(49,44-37-30-19-46(2)43-36(30)41-23-42-37)45-38(48)26-8-12-35-32(17-26)47(18-27-7-10-29(27)34(51-4)14-13-33(24)50-3)21-39(22-52-35)15-5-6-25-16-28(40)9-11-31(25)39/h8-9,11-14,16-17,19,23-24,27,29,33-34H,5-7,10,15,18,20-22H2,1-4H3,(H,41,42,43,44,45,48,49)/b14-13+/t24-,27+,29-,33+,34+,39+,53-/m1/s1. The van der Waals surface area contributed by atoms with E-state index in [1.165, 1.54) is 17.5 Å². The zero-order valence-corrected chi connectivity index (χ0v) is 32.1. The van der Waals surface area contributed by atoms with Crippen molar-refractivity contribution < 1.29 is 23.2 Å². The van der Waals surface area contributed by atoms with Crippen molar-refractivity contribution in [2.45, 2.75) is 56.7 Å². The molecule has 14 heteroatoms. The maximum absolute atomic E-state index is 15.0. The summed E-state index contributed by atoms with van der Waals surface area (Å²) in [6, 6.07) is 11.7. The quantitative estimate of drug-likeness (QED) is 0.235. The van der Waals surface area contributed by atoms with Gasteiger partial charge in [0.2, 0.25) is 0 Å². The third kappa shape index (κ3) is 6.92. The number of aromatic nitrogens is 4. The molecule has 0 unspecified atom stereocenters. The Balaban J connectivity index is 1.24. The fourth-order valence-electron chi connectivity index (χ4n) is 8.82. The Morgan fingerprint density at radius 1 is 1.08 bits per heavy atom. The predicted octanol–water partition coefficient (Wildman–Crippen LogP) is 6.39. The van der Waals surface area contributed by atoms with Gasteiger partial charge in [-0.15, -0.1) is 4.36 Å². The van der Waals surface area contributed by atoms with Gasteiger partial charge in [-0.05, 0) is 91.3 Å². The van der Waals surface area contributed by atoms with Gasteiger partial charge in [0.25, 0.3) is 5.91 Å². The van der Waals surface area contributed by atoms with Gasteiger partial charge < -0.3 is 19.1 Å². The molecule has 4 aliphatic rings. The van der Waals surface area contributed by atoms with Crippen LogP contribution in [0.1, 0.15) is 54.1 Å². The van der Waals surface area contributed by atoms with Crippen LogP contribution < -0.4 is 14.4 Å². The number of carbonyl (C=O) groups is 1. The van der Waals surface area contributed by atoms with Crippen LogP contribution in [0.3, 0.4) is 0 Å². The van der Waals surface area contributed by atoms with Crippen LogP contribution in [0.4, 0.5) is 11.5 Å². The number of rotatable bonds is 4. The summed E-state index contributed by atoms with van der Waals surface area (Å²) in [5, 5.41) is 5.68. The van der Waals surface area contributed by atoms with E-state index < -0.39 is 21.9 Å². The lowest BCUT2D eigenvalue weighted by molar-refractivity contribution is 0.0120. The summed E-state index contributed by atoms with van der Waals surface area (Å²) in [4.78, 5) is 25.3. The van der Waals surface area contributed by atoms with Gasteiger partial charge in [-0.3, -0.25) is 14.2 Å². The fraction of sp³-hybridized carbons (Fsp3) is 0.487. The molecule has 7 atom stereocenters. The minimum absolute atomic E-state index is 0.00314. The van der Waals surface area contributed by atoms with E-state index in [1.807, 2.05) is 31.2 Å². The second-order valence-electron chi connectivity index (χ2n) is 15.1. The molecule has 1 spiro atoms. The average molecular weight is 760 g/mol. The molecule has 4 aromatic rings. The molecule has 1 amide bonds. The Bertz CT molecular complexity index is 2200. The van der Waals surface area contributed by atoms with Crippen LogP contribution >= 0.6 is 11.6 Å². The molecule has 0 radical (unpaired) electrons. The summed E-state index contributed by atoms with van der Waals surface area (Å²) < 4.78 is 42.9. The predicted molar refractivity (Wildman–Crippen MR) is 206 cm³/mol. The van der Waals surface area contributed by atoms with Crippen molar-refractivity contribution in [1.29, 1.82) is 0 Å². The van der Waals surface area contributed by atoms with Gasteiger partial charge in [0.05, 0.1) is 35.6 Å². The van der Waals surface area contributed by atoms with Crippen LogP contribution in [0.2, 0.25) is 5.02 Å². The molecule has 2 aliphatic carbocycles. The molecule has 53 heavy (non-hydrogen) atoms. The molecule has 1 fully saturated rings. The lowest BCUT2D eigenvalue weighted by Crippen LogP contribution is -2.49. The number of anilines is 2. The minimum atomic E-state index is -3.47. The van der Waals surface area contributed by atoms with Crippen molar-refractivity contribution in [2.75, 3.05) is 49.3 Å². The Kier molecular flexibility index (Phi) is 9.71. The van der Waals surface area contributed by atoms with E-state index in [9.17, 15) is 4.79 Å². The number of halogens is 1. The summed E-state index contributed by atoms with van der Waals surface area (Å²) in [5.41, 5.74) is 3.89. The molecule has 12 nitrogen and oxygen atoms in total. The second-order valence-corrected chi connectivity index (χ2v) is 17.6. The first-order chi connectivity index (χ1) is 25.6. The normalized spacial score (nSPS) is 30.7. The van der Waals surface area contributed by atoms with Crippen molar-refractivity contribution >= 4 is 50.0 Å². The van der Waals surface area contributed by atoms with Crippen LogP contribution in [0, 0.1) is 17.8 Å². The Morgan fingerprint density at radius 2 is 1.91 bits per heavy atom. The Labute approximate surface area is 315 Å². The van der Waals surface area contributed by atoms with E-state index in [1.54, 1.807) is 38.2 Å². The first-order valence-corrected chi connectivity index (χ1v) is 20.4. The molecule has 2 aromatic heterocycles. The van der Waals surface area contributed by atoms with Crippen LogP contribution in [0.15, 0.2) is 65.4 Å². The van der Waals surface area contributed by atoms with Crippen LogP contribution in [-0.4, -0.2) is 81.7 Å². The number of fused-ring (bicyclic) bond motifs is 5. The molecular formula is C39H46ClN7O5S. The van der Waals surface area contributed by atoms with E-state index >= 15 is 4.21 Å². The number of hydrogen-bond donors (Lipinski definition) is 1. The SMILES string of the molecule is CO[C@H]1/C=C/[C@H](OC)[C@H](C)C[S@@](=O)(Nc2ncnc3nn(C)cc23)=NC(=O)c2ccc3c(c2)N(C[C@@H]2CC[C@H]21)C[C@@]1(CCCc2cc(Cl)ccc21)CO3. The maximum atomic E-state index is 15.0. The molecule has 8 rings (SSSR count). The molecule has 1 N–H and O–H groups in total. The third-order valence-corrected chi connectivity index (χ3v) is 13.8. The van der Waals surface area contributed by atoms with Crippen LogP contribution in [-0.2, 0) is 38.3 Å². The van der Waals surface area contributed by atoms with Crippen LogP contribution in [0.5, 0.6) is 5.75 Å². The highest BCUT2D eigenvalue weighted by Gasteiger charge is 2.44. The highest BCUT2D eigenvalue weighted by Crippen LogP contribution is 2.47. The average Bonchev–Trinajstić information content (AvgIpc) is 3.45. The fourth-order valence-corrected chi connectivity index (χ4v) is 11.0. The molecule has 0 saturated heterocycles. The lowest BCUT2D eigenvalue weighted by Gasteiger charge is -2.46. The molecule has 2 aliphatic heterocycles. The number of nitrogens with zero attached hydrogens (tertiary/aromatic N) is 6. The summed E-state index contributed by atoms with van der Waals surface area (Å²) in [6.45, 7) is 3.94. The second kappa shape index (κ2) is 14.3. The van der Waals surface area contributed by atoms with E-state index in [0.717, 1.165) is 61.7 Å². The zero-order chi connectivity index (χ0) is 36.9. The van der Waals surface area contributed by atoms with Gasteiger partial charge >= 0.3 is 0 Å². The molecule has 280 valence electrons. The number of hydrogen-bond acceptors (Lipinski definition) is 9. The smallest absolute Gasteiger partial charge is 0.286 e. The number of methoxy groups -OCH3 is 2. The van der Waals surface area contributed by atoms with E-state index in [2.05, 4.69) is 47.3 Å². The van der Waals surface area contributed by atoms with Crippen molar-refractivity contribution in [1.82, 2.24) is 19.7 Å². The summed E-state index contributed by atoms with van der Waals surface area (Å²) in [7, 11) is 1.70. The highest BCUT2D eigenvalue weighted by molar-refractivity contribution is 7.95. The maximum Gasteiger partial charge on any atom is 0.286 e. The van der Waals surface area contributed by atoms with E-state index in [-0.39, 0.29) is 29.0 Å². The molecule has 2 aromatic carbocycles. The molecule has 2 bridgehead atoms. The largest absolute Gasteiger partial charge is 0.490 e. The number of aryl methyl sites for hydroxylation is 2. The van der Waals surface area contributed by atoms with Gasteiger partial charge in [0, 0.05) is 56.6 Å². The minimum Gasteiger partial charge on any atom is -0.490 e. The van der Waals surface area contributed by atoms with Gasteiger partial charge in [-0.1, -0.05) is 36.7 Å². The third-order valence-electron chi connectivity index (χ3n) is 11.6. The van der Waals surface area contributed by atoms with Crippen molar-refractivity contribution in [3.63, 3.8) is 0 Å². The summed E-state index contributed by atoms with van der Waals surface area (Å²) in [5.74, 6) is 0.760. The van der Waals surface area contributed by atoms with Crippen LogP contribution in [0.25, 0.3) is 11.0 Å². The highest BCUT2D eigenvalue weighted by atomic mass is 35.5. The molecule has 4 heterocycles. The molecular weight excluding hydrogens is 714 g/mol. The number of carbonyl (C=O) groups excluding carboxylic acids is 1. The number of nitrogens with one attached hydrogen (secondary N) is 1. The van der Waals surface area contributed by atoms with Gasteiger partial charge in [0.15, 0.2) is 11.5 Å². The van der Waals surface area contributed by atoms with Crippen molar-refractivity contribution in [2.24, 2.45) is 29.2 Å². The summed E-state index contributed by atoms with van der Waals surface area (Å²) >= 11 is 6.48. The van der Waals surface area contributed by atoms with Gasteiger partial charge in [-0.25, -0.2) is 14.2 Å². The van der Waals surface area contributed by atoms with Gasteiger partial charge in [-0.2, -0.15) is 5.10 Å².